The maximum Gasteiger partial charge on any atom is 0.319 e. The molecule has 34 heavy (non-hydrogen) atoms. The molecule has 0 aliphatic carbocycles. The lowest BCUT2D eigenvalue weighted by molar-refractivity contribution is 0.0683. The first-order valence-electron chi connectivity index (χ1n) is 11.0. The van der Waals surface area contributed by atoms with Crippen molar-refractivity contribution in [1.82, 2.24) is 20.2 Å². The number of aromatic nitrogens is 2. The number of methoxy groups -OCH3 is 1. The van der Waals surface area contributed by atoms with Crippen LogP contribution in [0.2, 0.25) is 5.02 Å². The molecule has 176 valence electrons. The molecule has 2 unspecified atom stereocenters. The maximum absolute atomic E-state index is 13.1. The molecule has 8 nitrogen and oxygen atoms in total. The van der Waals surface area contributed by atoms with Gasteiger partial charge < -0.3 is 20.3 Å². The minimum Gasteiger partial charge on any atom is -0.495 e. The zero-order chi connectivity index (χ0) is 24.1. The van der Waals surface area contributed by atoms with Crippen molar-refractivity contribution >= 4 is 29.2 Å². The van der Waals surface area contributed by atoms with Crippen LogP contribution >= 0.6 is 11.6 Å². The number of ether oxygens (including phenoxy) is 1. The lowest BCUT2D eigenvalue weighted by Crippen LogP contribution is -2.52. The summed E-state index contributed by atoms with van der Waals surface area (Å²) in [4.78, 5) is 36.4. The second-order valence-corrected chi connectivity index (χ2v) is 8.61. The first kappa shape index (κ1) is 23.5. The molecular weight excluding hydrogens is 454 g/mol. The molecule has 2 aromatic heterocycles. The third kappa shape index (κ3) is 5.63. The molecule has 1 saturated heterocycles. The summed E-state index contributed by atoms with van der Waals surface area (Å²) >= 11 is 5.92. The van der Waals surface area contributed by atoms with Crippen LogP contribution in [0.4, 0.5) is 10.5 Å². The molecule has 2 N–H and O–H groups in total. The highest BCUT2D eigenvalue weighted by Gasteiger charge is 2.34. The van der Waals surface area contributed by atoms with Gasteiger partial charge in [-0.3, -0.25) is 14.8 Å². The van der Waals surface area contributed by atoms with Gasteiger partial charge in [0.25, 0.3) is 5.91 Å². The molecule has 2 atom stereocenters. The predicted octanol–water partition coefficient (Wildman–Crippen LogP) is 4.27. The second kappa shape index (κ2) is 10.5. The summed E-state index contributed by atoms with van der Waals surface area (Å²) in [7, 11) is 1.58. The summed E-state index contributed by atoms with van der Waals surface area (Å²) in [6.07, 6.45) is 3.82. The Morgan fingerprint density at radius 3 is 2.50 bits per heavy atom. The van der Waals surface area contributed by atoms with Crippen molar-refractivity contribution in [2.45, 2.75) is 25.3 Å². The Morgan fingerprint density at radius 1 is 1.06 bits per heavy atom. The number of carbonyl (C=O) groups excluding carboxylic acids is 2. The molecule has 0 bridgehead atoms. The van der Waals surface area contributed by atoms with Crippen molar-refractivity contribution in [3.8, 4) is 5.75 Å². The van der Waals surface area contributed by atoms with Crippen LogP contribution in [-0.2, 0) is 0 Å². The van der Waals surface area contributed by atoms with E-state index in [0.29, 0.717) is 41.5 Å². The van der Waals surface area contributed by atoms with Crippen molar-refractivity contribution in [2.75, 3.05) is 25.5 Å². The molecular formula is C25H26ClN5O3. The van der Waals surface area contributed by atoms with E-state index in [2.05, 4.69) is 20.6 Å². The van der Waals surface area contributed by atoms with Gasteiger partial charge in [-0.05, 0) is 61.9 Å². The Labute approximate surface area is 203 Å². The summed E-state index contributed by atoms with van der Waals surface area (Å²) in [5.74, 6) is 0.358. The van der Waals surface area contributed by atoms with Gasteiger partial charge in [0.15, 0.2) is 0 Å². The lowest BCUT2D eigenvalue weighted by atomic mass is 9.88. The van der Waals surface area contributed by atoms with Crippen LogP contribution in [0, 0.1) is 6.92 Å². The zero-order valence-electron chi connectivity index (χ0n) is 19.0. The molecule has 0 spiro atoms. The number of urea groups is 1. The number of halogens is 1. The van der Waals surface area contributed by atoms with Crippen LogP contribution in [-0.4, -0.2) is 53.0 Å². The topological polar surface area (TPSA) is 96.5 Å². The molecule has 1 aliphatic heterocycles. The van der Waals surface area contributed by atoms with Gasteiger partial charge in [-0.2, -0.15) is 0 Å². The fourth-order valence-corrected chi connectivity index (χ4v) is 4.11. The van der Waals surface area contributed by atoms with E-state index in [9.17, 15) is 9.59 Å². The number of hydrogen-bond donors (Lipinski definition) is 2. The average Bonchev–Trinajstić information content (AvgIpc) is 2.86. The molecule has 4 rings (SSSR count). The van der Waals surface area contributed by atoms with E-state index < -0.39 is 0 Å². The molecule has 9 heteroatoms. The number of aryl methyl sites for hydroxylation is 1. The standard InChI is InChI=1S/C25H26ClN5O3/c1-16-3-4-17(13-27-16)24(32)31-12-11-23(21(15-31)22-10-9-20(34-2)14-28-22)30-25(33)29-19-7-5-18(26)6-8-19/h3-10,13-14,21,23H,11-12,15H2,1-2H3,(H2,29,30,33). The maximum atomic E-state index is 13.1. The first-order chi connectivity index (χ1) is 16.4. The number of piperidine rings is 1. The van der Waals surface area contributed by atoms with E-state index in [0.717, 1.165) is 11.4 Å². The molecule has 1 aromatic carbocycles. The van der Waals surface area contributed by atoms with E-state index in [1.807, 2.05) is 25.1 Å². The number of likely N-dealkylation sites (tertiary alicyclic amines) is 1. The number of anilines is 1. The lowest BCUT2D eigenvalue weighted by Gasteiger charge is -2.38. The van der Waals surface area contributed by atoms with E-state index in [-0.39, 0.29) is 23.9 Å². The van der Waals surface area contributed by atoms with Gasteiger partial charge in [-0.1, -0.05) is 11.6 Å². The van der Waals surface area contributed by atoms with Crippen LogP contribution in [0.25, 0.3) is 0 Å². The third-order valence-corrected chi connectivity index (χ3v) is 6.10. The third-order valence-electron chi connectivity index (χ3n) is 5.85. The first-order valence-corrected chi connectivity index (χ1v) is 11.4. The molecule has 0 radical (unpaired) electrons. The summed E-state index contributed by atoms with van der Waals surface area (Å²) in [6.45, 7) is 2.80. The minimum atomic E-state index is -0.326. The zero-order valence-corrected chi connectivity index (χ0v) is 19.7. The van der Waals surface area contributed by atoms with E-state index >= 15 is 0 Å². The monoisotopic (exact) mass is 479 g/mol. The quantitative estimate of drug-likeness (QED) is 0.569. The Kier molecular flexibility index (Phi) is 7.27. The summed E-state index contributed by atoms with van der Waals surface area (Å²) in [5.41, 5.74) is 2.81. The number of hydrogen-bond acceptors (Lipinski definition) is 5. The van der Waals surface area contributed by atoms with Gasteiger partial charge in [-0.15, -0.1) is 0 Å². The Balaban J connectivity index is 1.51. The number of rotatable bonds is 5. The highest BCUT2D eigenvalue weighted by molar-refractivity contribution is 6.30. The Bertz CT molecular complexity index is 1140. The van der Waals surface area contributed by atoms with Crippen molar-refractivity contribution in [2.24, 2.45) is 0 Å². The molecule has 0 saturated carbocycles. The summed E-state index contributed by atoms with van der Waals surface area (Å²) < 4.78 is 5.23. The van der Waals surface area contributed by atoms with Crippen LogP contribution in [0.5, 0.6) is 5.75 Å². The van der Waals surface area contributed by atoms with E-state index in [1.54, 1.807) is 54.7 Å². The number of amides is 3. The molecule has 3 heterocycles. The number of nitrogens with one attached hydrogen (secondary N) is 2. The predicted molar refractivity (Wildman–Crippen MR) is 130 cm³/mol. The normalized spacial score (nSPS) is 17.7. The highest BCUT2D eigenvalue weighted by atomic mass is 35.5. The Hall–Kier alpha value is -3.65. The van der Waals surface area contributed by atoms with Gasteiger partial charge in [0.2, 0.25) is 0 Å². The molecule has 3 amide bonds. The van der Waals surface area contributed by atoms with Crippen molar-refractivity contribution in [1.29, 1.82) is 0 Å². The summed E-state index contributed by atoms with van der Waals surface area (Å²) in [6, 6.07) is 13.7. The number of nitrogens with zero attached hydrogens (tertiary/aromatic N) is 3. The van der Waals surface area contributed by atoms with Crippen LogP contribution in [0.3, 0.4) is 0 Å². The van der Waals surface area contributed by atoms with Crippen molar-refractivity contribution in [3.05, 3.63) is 82.9 Å². The van der Waals surface area contributed by atoms with Crippen molar-refractivity contribution < 1.29 is 14.3 Å². The molecule has 3 aromatic rings. The van der Waals surface area contributed by atoms with Gasteiger partial charge in [0.1, 0.15) is 5.75 Å². The van der Waals surface area contributed by atoms with Gasteiger partial charge in [0, 0.05) is 53.3 Å². The average molecular weight is 480 g/mol. The van der Waals surface area contributed by atoms with Crippen molar-refractivity contribution in [3.63, 3.8) is 0 Å². The van der Waals surface area contributed by atoms with Gasteiger partial charge >= 0.3 is 6.03 Å². The van der Waals surface area contributed by atoms with Crippen LogP contribution < -0.4 is 15.4 Å². The van der Waals surface area contributed by atoms with E-state index in [1.165, 1.54) is 0 Å². The highest BCUT2D eigenvalue weighted by Crippen LogP contribution is 2.28. The molecule has 1 aliphatic rings. The fraction of sp³-hybridized carbons (Fsp3) is 0.280. The number of benzene rings is 1. The van der Waals surface area contributed by atoms with Crippen LogP contribution in [0.15, 0.2) is 60.9 Å². The number of carbonyl (C=O) groups is 2. The summed E-state index contributed by atoms with van der Waals surface area (Å²) in [5, 5.41) is 6.49. The van der Waals surface area contributed by atoms with Gasteiger partial charge in [-0.25, -0.2) is 4.79 Å². The Morgan fingerprint density at radius 2 is 1.85 bits per heavy atom. The SMILES string of the molecule is COc1ccc(C2CN(C(=O)c3ccc(C)nc3)CCC2NC(=O)Nc2ccc(Cl)cc2)nc1. The largest absolute Gasteiger partial charge is 0.495 e. The second-order valence-electron chi connectivity index (χ2n) is 8.17. The smallest absolute Gasteiger partial charge is 0.319 e. The van der Waals surface area contributed by atoms with E-state index in [4.69, 9.17) is 16.3 Å². The number of pyridine rings is 2. The fourth-order valence-electron chi connectivity index (χ4n) is 3.99. The van der Waals surface area contributed by atoms with Gasteiger partial charge in [0.05, 0.1) is 18.9 Å². The molecule has 1 fully saturated rings. The van der Waals surface area contributed by atoms with Crippen LogP contribution in [0.1, 0.15) is 34.1 Å². The minimum absolute atomic E-state index is 0.0879.